The number of rotatable bonds is 7. The lowest BCUT2D eigenvalue weighted by atomic mass is 10.1. The number of non-ortho nitro benzene ring substituents is 1. The van der Waals surface area contributed by atoms with Gasteiger partial charge >= 0.3 is 5.97 Å². The molecule has 0 radical (unpaired) electrons. The molecule has 0 atom stereocenters. The zero-order chi connectivity index (χ0) is 21.1. The number of carbonyl (C=O) groups excluding carboxylic acids is 2. The highest BCUT2D eigenvalue weighted by atomic mass is 35.5. The van der Waals surface area contributed by atoms with Crippen molar-refractivity contribution in [2.45, 2.75) is 12.8 Å². The number of carboxylic acid groups (broad SMARTS) is 1. The third-order valence-corrected chi connectivity index (χ3v) is 5.20. The minimum atomic E-state index is -1.000. The third-order valence-electron chi connectivity index (χ3n) is 3.98. The molecule has 2 amide bonds. The topological polar surface area (TPSA) is 131 Å². The predicted molar refractivity (Wildman–Crippen MR) is 105 cm³/mol. The van der Waals surface area contributed by atoms with E-state index in [9.17, 15) is 24.5 Å². The SMILES string of the molecule is O=C(O)CCCN1C(=O)S/C(=C/c2ccc(-c3ccc([N+](=O)[O-])cc3Cl)o2)C1=O. The van der Waals surface area contributed by atoms with Crippen LogP contribution in [0.15, 0.2) is 39.7 Å². The van der Waals surface area contributed by atoms with Gasteiger partial charge in [0.2, 0.25) is 0 Å². The average Bonchev–Trinajstić information content (AvgIpc) is 3.21. The summed E-state index contributed by atoms with van der Waals surface area (Å²) in [6.07, 6.45) is 1.44. The summed E-state index contributed by atoms with van der Waals surface area (Å²) in [5, 5.41) is 19.1. The first kappa shape index (κ1) is 20.6. The first-order valence-electron chi connectivity index (χ1n) is 8.27. The number of carboxylic acids is 1. The Kier molecular flexibility index (Phi) is 6.04. The molecule has 1 aromatic heterocycles. The van der Waals surface area contributed by atoms with Gasteiger partial charge in [0.1, 0.15) is 11.5 Å². The quantitative estimate of drug-likeness (QED) is 0.383. The summed E-state index contributed by atoms with van der Waals surface area (Å²) >= 11 is 6.83. The lowest BCUT2D eigenvalue weighted by Gasteiger charge is -2.10. The molecule has 1 aliphatic rings. The standard InChI is InChI=1S/C18H13ClN2O7S/c19-13-8-10(21(26)27)3-5-12(13)14-6-4-11(28-14)9-15-17(24)20(18(25)29-15)7-1-2-16(22)23/h3-6,8-9H,1-2,7H2,(H,22,23)/b15-9+. The van der Waals surface area contributed by atoms with Gasteiger partial charge in [-0.25, -0.2) is 0 Å². The Balaban J connectivity index is 1.76. The van der Waals surface area contributed by atoms with Gasteiger partial charge in [-0.15, -0.1) is 0 Å². The Bertz CT molecular complexity index is 1050. The average molecular weight is 437 g/mol. The number of halogens is 1. The summed E-state index contributed by atoms with van der Waals surface area (Å²) in [6.45, 7) is 0.0239. The van der Waals surface area contributed by atoms with E-state index in [1.54, 1.807) is 12.1 Å². The van der Waals surface area contributed by atoms with Crippen molar-refractivity contribution in [3.8, 4) is 11.3 Å². The van der Waals surface area contributed by atoms with Crippen molar-refractivity contribution >= 4 is 52.2 Å². The fourth-order valence-electron chi connectivity index (χ4n) is 2.60. The number of benzene rings is 1. The highest BCUT2D eigenvalue weighted by Gasteiger charge is 2.34. The van der Waals surface area contributed by atoms with Gasteiger partial charge < -0.3 is 9.52 Å². The van der Waals surface area contributed by atoms with Gasteiger partial charge in [-0.3, -0.25) is 29.4 Å². The van der Waals surface area contributed by atoms with Crippen molar-refractivity contribution in [1.82, 2.24) is 4.90 Å². The van der Waals surface area contributed by atoms with Crippen LogP contribution in [0.2, 0.25) is 5.02 Å². The molecule has 3 rings (SSSR count). The van der Waals surface area contributed by atoms with Crippen LogP contribution in [-0.2, 0) is 9.59 Å². The van der Waals surface area contributed by atoms with Crippen LogP contribution in [-0.4, -0.2) is 38.6 Å². The number of amides is 2. The van der Waals surface area contributed by atoms with Crippen LogP contribution in [0.1, 0.15) is 18.6 Å². The number of nitro groups is 1. The van der Waals surface area contributed by atoms with Crippen molar-refractivity contribution < 1.29 is 28.8 Å². The van der Waals surface area contributed by atoms with E-state index < -0.39 is 22.0 Å². The maximum Gasteiger partial charge on any atom is 0.303 e. The first-order chi connectivity index (χ1) is 13.8. The van der Waals surface area contributed by atoms with Gasteiger partial charge in [0.05, 0.1) is 14.9 Å². The largest absolute Gasteiger partial charge is 0.481 e. The number of nitrogens with zero attached hydrogens (tertiary/aromatic N) is 2. The van der Waals surface area contributed by atoms with Crippen LogP contribution in [0, 0.1) is 10.1 Å². The second-order valence-electron chi connectivity index (χ2n) is 5.95. The summed E-state index contributed by atoms with van der Waals surface area (Å²) < 4.78 is 5.64. The molecule has 29 heavy (non-hydrogen) atoms. The van der Waals surface area contributed by atoms with E-state index in [0.29, 0.717) is 17.1 Å². The summed E-state index contributed by atoms with van der Waals surface area (Å²) in [6, 6.07) is 7.13. The number of imide groups is 1. The molecule has 2 aromatic rings. The molecule has 0 bridgehead atoms. The molecule has 1 saturated heterocycles. The number of hydrogen-bond acceptors (Lipinski definition) is 7. The monoisotopic (exact) mass is 436 g/mol. The molecule has 0 unspecified atom stereocenters. The van der Waals surface area contributed by atoms with E-state index >= 15 is 0 Å². The van der Waals surface area contributed by atoms with E-state index in [1.807, 2.05) is 0 Å². The predicted octanol–water partition coefficient (Wildman–Crippen LogP) is 4.41. The second-order valence-corrected chi connectivity index (χ2v) is 7.35. The Morgan fingerprint density at radius 2 is 2.07 bits per heavy atom. The zero-order valence-electron chi connectivity index (χ0n) is 14.7. The summed E-state index contributed by atoms with van der Waals surface area (Å²) in [5.41, 5.74) is 0.292. The first-order valence-corrected chi connectivity index (χ1v) is 9.47. The normalized spacial score (nSPS) is 15.3. The van der Waals surface area contributed by atoms with Crippen molar-refractivity contribution in [3.63, 3.8) is 0 Å². The zero-order valence-corrected chi connectivity index (χ0v) is 16.2. The lowest BCUT2D eigenvalue weighted by Crippen LogP contribution is -2.29. The van der Waals surface area contributed by atoms with E-state index in [-0.39, 0.29) is 35.0 Å². The van der Waals surface area contributed by atoms with E-state index in [4.69, 9.17) is 21.1 Å². The van der Waals surface area contributed by atoms with E-state index in [0.717, 1.165) is 16.7 Å². The molecule has 150 valence electrons. The molecule has 9 nitrogen and oxygen atoms in total. The lowest BCUT2D eigenvalue weighted by molar-refractivity contribution is -0.384. The van der Waals surface area contributed by atoms with Crippen LogP contribution in [0.25, 0.3) is 17.4 Å². The highest BCUT2D eigenvalue weighted by Crippen LogP contribution is 2.35. The molecule has 1 aliphatic heterocycles. The van der Waals surface area contributed by atoms with Crippen LogP contribution in [0.5, 0.6) is 0 Å². The summed E-state index contributed by atoms with van der Waals surface area (Å²) in [4.78, 5) is 46.3. The third kappa shape index (κ3) is 4.66. The van der Waals surface area contributed by atoms with Gasteiger partial charge in [-0.1, -0.05) is 11.6 Å². The molecule has 0 saturated carbocycles. The molecule has 1 N–H and O–H groups in total. The molecule has 0 spiro atoms. The molecular weight excluding hydrogens is 424 g/mol. The smallest absolute Gasteiger partial charge is 0.303 e. The van der Waals surface area contributed by atoms with Gasteiger partial charge in [-0.2, -0.15) is 0 Å². The van der Waals surface area contributed by atoms with Crippen molar-refractivity contribution in [2.24, 2.45) is 0 Å². The molecular formula is C18H13ClN2O7S. The van der Waals surface area contributed by atoms with Gasteiger partial charge in [0, 0.05) is 36.7 Å². The van der Waals surface area contributed by atoms with Crippen molar-refractivity contribution in [2.75, 3.05) is 6.54 Å². The Morgan fingerprint density at radius 3 is 2.72 bits per heavy atom. The number of carbonyl (C=O) groups is 3. The minimum absolute atomic E-state index is 0.0239. The molecule has 2 heterocycles. The number of nitro benzene ring substituents is 1. The molecule has 1 aromatic carbocycles. The fraction of sp³-hybridized carbons (Fsp3) is 0.167. The van der Waals surface area contributed by atoms with Crippen molar-refractivity contribution in [3.05, 3.63) is 56.1 Å². The minimum Gasteiger partial charge on any atom is -0.481 e. The van der Waals surface area contributed by atoms with Gasteiger partial charge in [0.15, 0.2) is 0 Å². The van der Waals surface area contributed by atoms with E-state index in [2.05, 4.69) is 0 Å². The van der Waals surface area contributed by atoms with Crippen LogP contribution >= 0.6 is 23.4 Å². The number of hydrogen-bond donors (Lipinski definition) is 1. The molecule has 1 fully saturated rings. The summed E-state index contributed by atoms with van der Waals surface area (Å²) in [7, 11) is 0. The summed E-state index contributed by atoms with van der Waals surface area (Å²) in [5.74, 6) is -0.875. The van der Waals surface area contributed by atoms with Crippen LogP contribution in [0.3, 0.4) is 0 Å². The maximum absolute atomic E-state index is 12.4. The Hall–Kier alpha value is -3.11. The highest BCUT2D eigenvalue weighted by molar-refractivity contribution is 8.18. The second kappa shape index (κ2) is 8.50. The van der Waals surface area contributed by atoms with Crippen LogP contribution in [0.4, 0.5) is 10.5 Å². The Labute approximate surface area is 173 Å². The fourth-order valence-corrected chi connectivity index (χ4v) is 3.72. The number of furan rings is 1. The van der Waals surface area contributed by atoms with Gasteiger partial charge in [-0.05, 0) is 36.4 Å². The number of thioether (sulfide) groups is 1. The van der Waals surface area contributed by atoms with Gasteiger partial charge in [0.25, 0.3) is 16.8 Å². The van der Waals surface area contributed by atoms with E-state index in [1.165, 1.54) is 24.3 Å². The van der Waals surface area contributed by atoms with Crippen molar-refractivity contribution in [1.29, 1.82) is 0 Å². The number of aliphatic carboxylic acids is 1. The molecule has 0 aliphatic carbocycles. The van der Waals surface area contributed by atoms with Crippen LogP contribution < -0.4 is 0 Å². The Morgan fingerprint density at radius 1 is 1.31 bits per heavy atom. The maximum atomic E-state index is 12.4. The molecule has 11 heteroatoms.